The number of amides is 1. The van der Waals surface area contributed by atoms with Crippen molar-refractivity contribution in [1.82, 2.24) is 14.9 Å². The van der Waals surface area contributed by atoms with Crippen LogP contribution in [-0.2, 0) is 22.6 Å². The van der Waals surface area contributed by atoms with Crippen LogP contribution in [0, 0.1) is 12.7 Å². The van der Waals surface area contributed by atoms with Crippen molar-refractivity contribution in [3.05, 3.63) is 77.4 Å². The van der Waals surface area contributed by atoms with Crippen molar-refractivity contribution in [3.63, 3.8) is 0 Å². The molecule has 33 heavy (non-hydrogen) atoms. The summed E-state index contributed by atoms with van der Waals surface area (Å²) in [5.74, 6) is -0.559. The highest BCUT2D eigenvalue weighted by Gasteiger charge is 2.28. The van der Waals surface area contributed by atoms with Crippen LogP contribution in [0.5, 0.6) is 0 Å². The molecule has 0 aliphatic carbocycles. The van der Waals surface area contributed by atoms with Crippen LogP contribution >= 0.6 is 0 Å². The third-order valence-corrected chi connectivity index (χ3v) is 5.74. The number of benzene rings is 2. The molecular formula is C25H26FN3O4. The Hall–Kier alpha value is -3.52. The molecule has 1 fully saturated rings. The van der Waals surface area contributed by atoms with Gasteiger partial charge in [0.2, 0.25) is 0 Å². The fraction of sp³-hybridized carbons (Fsp3) is 0.320. The van der Waals surface area contributed by atoms with E-state index in [2.05, 4.69) is 10.3 Å². The SMILES string of the molecule is Cc1c(C(=O)NCc2ccccc2)nc(-c2ccc(F)cc2)n1CC[C@@H]1C[C@@H](O)CC(=O)O1. The number of aliphatic hydroxyl groups excluding tert-OH is 1. The average molecular weight is 451 g/mol. The van der Waals surface area contributed by atoms with E-state index < -0.39 is 18.2 Å². The number of halogens is 1. The van der Waals surface area contributed by atoms with Crippen molar-refractivity contribution in [3.8, 4) is 11.4 Å². The number of rotatable bonds is 7. The third kappa shape index (κ3) is 5.46. The molecule has 0 bridgehead atoms. The van der Waals surface area contributed by atoms with Crippen molar-refractivity contribution in [2.75, 3.05) is 0 Å². The predicted molar refractivity (Wildman–Crippen MR) is 120 cm³/mol. The minimum absolute atomic E-state index is 0.00711. The maximum atomic E-state index is 13.5. The fourth-order valence-electron chi connectivity index (χ4n) is 4.01. The second kappa shape index (κ2) is 9.95. The van der Waals surface area contributed by atoms with Crippen molar-refractivity contribution >= 4 is 11.9 Å². The van der Waals surface area contributed by atoms with Gasteiger partial charge in [-0.15, -0.1) is 0 Å². The summed E-state index contributed by atoms with van der Waals surface area (Å²) in [5, 5.41) is 12.8. The van der Waals surface area contributed by atoms with Gasteiger partial charge in [0.05, 0.1) is 12.5 Å². The number of aliphatic hydroxyl groups is 1. The normalized spacial score (nSPS) is 18.1. The number of hydrogen-bond donors (Lipinski definition) is 2. The highest BCUT2D eigenvalue weighted by Crippen LogP contribution is 2.25. The summed E-state index contributed by atoms with van der Waals surface area (Å²) >= 11 is 0. The Morgan fingerprint density at radius 3 is 2.64 bits per heavy atom. The summed E-state index contributed by atoms with van der Waals surface area (Å²) in [6.45, 7) is 2.59. The predicted octanol–water partition coefficient (Wildman–Crippen LogP) is 3.38. The first-order valence-corrected chi connectivity index (χ1v) is 10.9. The van der Waals surface area contributed by atoms with E-state index >= 15 is 0 Å². The summed E-state index contributed by atoms with van der Waals surface area (Å²) < 4.78 is 20.7. The molecule has 2 heterocycles. The van der Waals surface area contributed by atoms with E-state index in [4.69, 9.17) is 4.74 Å². The quantitative estimate of drug-likeness (QED) is 0.537. The van der Waals surface area contributed by atoms with Gasteiger partial charge in [-0.25, -0.2) is 9.37 Å². The lowest BCUT2D eigenvalue weighted by molar-refractivity contribution is -0.160. The van der Waals surface area contributed by atoms with E-state index in [1.54, 1.807) is 19.1 Å². The zero-order valence-corrected chi connectivity index (χ0v) is 18.3. The van der Waals surface area contributed by atoms with Gasteiger partial charge in [0.15, 0.2) is 0 Å². The standard InChI is InChI=1S/C25H26FN3O4/c1-16-23(25(32)27-15-17-5-3-2-4-6-17)28-24(18-7-9-19(26)10-8-18)29(16)12-11-21-13-20(30)14-22(31)33-21/h2-10,20-21,30H,11-15H2,1H3,(H,27,32)/t20-,21-/m1/s1. The molecule has 1 amide bonds. The molecule has 172 valence electrons. The monoisotopic (exact) mass is 451 g/mol. The zero-order valence-electron chi connectivity index (χ0n) is 18.3. The van der Waals surface area contributed by atoms with Crippen LogP contribution in [0.1, 0.15) is 41.0 Å². The van der Waals surface area contributed by atoms with Crippen molar-refractivity contribution in [1.29, 1.82) is 0 Å². The Balaban J connectivity index is 1.58. The molecule has 2 atom stereocenters. The second-order valence-corrected chi connectivity index (χ2v) is 8.19. The van der Waals surface area contributed by atoms with Gasteiger partial charge >= 0.3 is 5.97 Å². The number of ether oxygens (including phenoxy) is 1. The van der Waals surface area contributed by atoms with Crippen LogP contribution in [0.25, 0.3) is 11.4 Å². The summed E-state index contributed by atoms with van der Waals surface area (Å²) in [5.41, 5.74) is 2.58. The van der Waals surface area contributed by atoms with Crippen LogP contribution in [-0.4, -0.2) is 38.7 Å². The van der Waals surface area contributed by atoms with E-state index in [1.165, 1.54) is 12.1 Å². The zero-order chi connectivity index (χ0) is 23.4. The van der Waals surface area contributed by atoms with E-state index in [-0.39, 0.29) is 23.8 Å². The lowest BCUT2D eigenvalue weighted by atomic mass is 10.0. The average Bonchev–Trinajstić information content (AvgIpc) is 3.13. The molecule has 1 aliphatic rings. The molecule has 0 saturated carbocycles. The maximum absolute atomic E-state index is 13.5. The number of cyclic esters (lactones) is 1. The Bertz CT molecular complexity index is 1130. The molecule has 8 heteroatoms. The number of imidazole rings is 1. The van der Waals surface area contributed by atoms with Gasteiger partial charge in [0, 0.05) is 37.2 Å². The third-order valence-electron chi connectivity index (χ3n) is 5.74. The van der Waals surface area contributed by atoms with Gasteiger partial charge in [-0.05, 0) is 36.8 Å². The van der Waals surface area contributed by atoms with Crippen LogP contribution in [0.4, 0.5) is 4.39 Å². The van der Waals surface area contributed by atoms with Crippen LogP contribution < -0.4 is 5.32 Å². The molecule has 3 aromatic rings. The topological polar surface area (TPSA) is 93.5 Å². The van der Waals surface area contributed by atoms with Crippen molar-refractivity contribution in [2.24, 2.45) is 0 Å². The number of carbonyl (C=O) groups excluding carboxylic acids is 2. The Labute approximate surface area is 191 Å². The fourth-order valence-corrected chi connectivity index (χ4v) is 4.01. The van der Waals surface area contributed by atoms with Gasteiger partial charge in [-0.3, -0.25) is 9.59 Å². The maximum Gasteiger partial charge on any atom is 0.308 e. The molecule has 1 aromatic heterocycles. The van der Waals surface area contributed by atoms with Gasteiger partial charge in [-0.1, -0.05) is 30.3 Å². The first kappa shape index (κ1) is 22.7. The van der Waals surface area contributed by atoms with E-state index in [0.29, 0.717) is 43.0 Å². The van der Waals surface area contributed by atoms with Crippen LogP contribution in [0.2, 0.25) is 0 Å². The van der Waals surface area contributed by atoms with Crippen LogP contribution in [0.3, 0.4) is 0 Å². The van der Waals surface area contributed by atoms with Gasteiger partial charge in [0.25, 0.3) is 5.91 Å². The lowest BCUT2D eigenvalue weighted by Gasteiger charge is -2.26. The molecule has 0 unspecified atom stereocenters. The van der Waals surface area contributed by atoms with Crippen molar-refractivity contribution in [2.45, 2.75) is 51.5 Å². The van der Waals surface area contributed by atoms with Crippen LogP contribution in [0.15, 0.2) is 54.6 Å². The number of hydrogen-bond acceptors (Lipinski definition) is 5. The number of aromatic nitrogens is 2. The van der Waals surface area contributed by atoms with Crippen molar-refractivity contribution < 1.29 is 23.8 Å². The Morgan fingerprint density at radius 1 is 1.21 bits per heavy atom. The largest absolute Gasteiger partial charge is 0.462 e. The smallest absolute Gasteiger partial charge is 0.308 e. The highest BCUT2D eigenvalue weighted by atomic mass is 19.1. The van der Waals surface area contributed by atoms with Gasteiger partial charge in [0.1, 0.15) is 23.4 Å². The first-order valence-electron chi connectivity index (χ1n) is 10.9. The van der Waals surface area contributed by atoms with E-state index in [1.807, 2.05) is 34.9 Å². The minimum Gasteiger partial charge on any atom is -0.462 e. The Kier molecular flexibility index (Phi) is 6.84. The summed E-state index contributed by atoms with van der Waals surface area (Å²) in [4.78, 5) is 29.2. The first-order chi connectivity index (χ1) is 15.9. The summed E-state index contributed by atoms with van der Waals surface area (Å²) in [7, 11) is 0. The molecule has 7 nitrogen and oxygen atoms in total. The van der Waals surface area contributed by atoms with Gasteiger partial charge in [-0.2, -0.15) is 0 Å². The highest BCUT2D eigenvalue weighted by molar-refractivity contribution is 5.94. The van der Waals surface area contributed by atoms with Gasteiger partial charge < -0.3 is 19.7 Å². The summed E-state index contributed by atoms with van der Waals surface area (Å²) in [6, 6.07) is 15.5. The second-order valence-electron chi connectivity index (χ2n) is 8.19. The number of esters is 1. The van der Waals surface area contributed by atoms with E-state index in [9.17, 15) is 19.1 Å². The molecule has 0 spiro atoms. The Morgan fingerprint density at radius 2 is 1.94 bits per heavy atom. The molecule has 4 rings (SSSR count). The minimum atomic E-state index is -0.712. The lowest BCUT2D eigenvalue weighted by Crippen LogP contribution is -2.33. The molecule has 2 N–H and O–H groups in total. The van der Waals surface area contributed by atoms with E-state index in [0.717, 1.165) is 5.56 Å². The molecule has 2 aromatic carbocycles. The summed E-state index contributed by atoms with van der Waals surface area (Å²) in [6.07, 6.45) is -0.294. The number of nitrogens with one attached hydrogen (secondary N) is 1. The molecular weight excluding hydrogens is 425 g/mol. The molecule has 0 radical (unpaired) electrons. The molecule has 1 aliphatic heterocycles. The number of carbonyl (C=O) groups is 2. The number of nitrogens with zero attached hydrogens (tertiary/aromatic N) is 2. The molecule has 1 saturated heterocycles.